The van der Waals surface area contributed by atoms with Crippen LogP contribution in [0, 0.1) is 0 Å². The molecule has 24 heavy (non-hydrogen) atoms. The number of aromatic nitrogens is 7. The van der Waals surface area contributed by atoms with Crippen LogP contribution in [0.15, 0.2) is 36.7 Å². The van der Waals surface area contributed by atoms with Gasteiger partial charge in [0.1, 0.15) is 18.7 Å². The van der Waals surface area contributed by atoms with Crippen LogP contribution in [0.4, 0.5) is 0 Å². The second-order valence-electron chi connectivity index (χ2n) is 5.91. The van der Waals surface area contributed by atoms with E-state index in [1.165, 1.54) is 5.56 Å². The number of nitrogens with zero attached hydrogens (tertiary/aromatic N) is 7. The lowest BCUT2D eigenvalue weighted by Crippen LogP contribution is -2.12. The van der Waals surface area contributed by atoms with E-state index in [9.17, 15) is 0 Å². The van der Waals surface area contributed by atoms with Crippen molar-refractivity contribution in [1.29, 1.82) is 0 Å². The van der Waals surface area contributed by atoms with Crippen LogP contribution in [0.3, 0.4) is 0 Å². The largest absolute Gasteiger partial charge is 0.381 e. The Hall–Kier alpha value is -2.61. The van der Waals surface area contributed by atoms with Crippen LogP contribution in [0.1, 0.15) is 29.6 Å². The highest BCUT2D eigenvalue weighted by atomic mass is 16.5. The molecule has 3 aromatic rings. The monoisotopic (exact) mass is 325 g/mol. The molecule has 0 saturated carbocycles. The Bertz CT molecular complexity index is 763. The fourth-order valence-electron chi connectivity index (χ4n) is 2.88. The summed E-state index contributed by atoms with van der Waals surface area (Å²) >= 11 is 0. The zero-order valence-electron chi connectivity index (χ0n) is 13.3. The molecule has 1 atom stereocenters. The number of hydrogen-bond donors (Lipinski definition) is 0. The molecule has 2 aromatic heterocycles. The summed E-state index contributed by atoms with van der Waals surface area (Å²) in [7, 11) is 0. The number of hydrogen-bond acceptors (Lipinski definition) is 6. The van der Waals surface area contributed by atoms with Gasteiger partial charge in [-0.05, 0) is 28.8 Å². The van der Waals surface area contributed by atoms with Gasteiger partial charge in [-0.25, -0.2) is 14.3 Å². The normalized spacial score (nSPS) is 17.4. The van der Waals surface area contributed by atoms with E-state index >= 15 is 0 Å². The molecule has 1 aliphatic rings. The maximum atomic E-state index is 5.47. The highest BCUT2D eigenvalue weighted by molar-refractivity contribution is 5.14. The van der Waals surface area contributed by atoms with Gasteiger partial charge in [-0.1, -0.05) is 30.3 Å². The third-order valence-corrected chi connectivity index (χ3v) is 4.21. The number of rotatable bonds is 6. The van der Waals surface area contributed by atoms with Gasteiger partial charge in [0, 0.05) is 19.1 Å². The third kappa shape index (κ3) is 3.33. The van der Waals surface area contributed by atoms with Crippen molar-refractivity contribution in [2.45, 2.75) is 31.8 Å². The minimum atomic E-state index is 0.288. The molecule has 124 valence electrons. The van der Waals surface area contributed by atoms with E-state index in [-0.39, 0.29) is 5.92 Å². The first-order valence-corrected chi connectivity index (χ1v) is 8.14. The van der Waals surface area contributed by atoms with Crippen LogP contribution in [0.25, 0.3) is 0 Å². The molecule has 1 aliphatic heterocycles. The highest BCUT2D eigenvalue weighted by Crippen LogP contribution is 2.22. The summed E-state index contributed by atoms with van der Waals surface area (Å²) in [6.45, 7) is 2.78. The van der Waals surface area contributed by atoms with E-state index in [2.05, 4.69) is 39.8 Å². The van der Waals surface area contributed by atoms with Gasteiger partial charge < -0.3 is 4.74 Å². The van der Waals surface area contributed by atoms with E-state index in [0.29, 0.717) is 13.2 Å². The molecular weight excluding hydrogens is 306 g/mol. The molecule has 0 aliphatic carbocycles. The SMILES string of the molecule is c1ccc(CCn2nc([C@H]3CCOC3)nc2Cn2cnnn2)cc1. The maximum absolute atomic E-state index is 5.47. The van der Waals surface area contributed by atoms with Crippen LogP contribution in [0.5, 0.6) is 0 Å². The first-order valence-electron chi connectivity index (χ1n) is 8.14. The topological polar surface area (TPSA) is 83.5 Å². The summed E-state index contributed by atoms with van der Waals surface area (Å²) in [4.78, 5) is 4.73. The van der Waals surface area contributed by atoms with Crippen molar-refractivity contribution < 1.29 is 4.74 Å². The minimum Gasteiger partial charge on any atom is -0.381 e. The summed E-state index contributed by atoms with van der Waals surface area (Å²) in [6, 6.07) is 10.4. The smallest absolute Gasteiger partial charge is 0.156 e. The van der Waals surface area contributed by atoms with Gasteiger partial charge in [0.2, 0.25) is 0 Å². The van der Waals surface area contributed by atoms with Crippen molar-refractivity contribution in [2.24, 2.45) is 0 Å². The molecular formula is C16H19N7O. The minimum absolute atomic E-state index is 0.288. The summed E-state index contributed by atoms with van der Waals surface area (Å²) in [5, 5.41) is 16.0. The van der Waals surface area contributed by atoms with E-state index in [0.717, 1.165) is 37.6 Å². The van der Waals surface area contributed by atoms with Crippen molar-refractivity contribution in [3.8, 4) is 0 Å². The fourth-order valence-corrected chi connectivity index (χ4v) is 2.88. The molecule has 0 N–H and O–H groups in total. The molecule has 0 unspecified atom stereocenters. The Morgan fingerprint density at radius 3 is 2.88 bits per heavy atom. The number of aryl methyl sites for hydroxylation is 2. The van der Waals surface area contributed by atoms with Gasteiger partial charge in [0.25, 0.3) is 0 Å². The molecule has 0 bridgehead atoms. The second kappa shape index (κ2) is 6.88. The lowest BCUT2D eigenvalue weighted by atomic mass is 10.1. The predicted octanol–water partition coefficient (Wildman–Crippen LogP) is 1.06. The molecule has 8 heteroatoms. The standard InChI is InChI=1S/C16H19N7O/c1-2-4-13(5-3-1)6-8-23-15(10-22-12-17-20-21-22)18-16(19-23)14-7-9-24-11-14/h1-5,12,14H,6-11H2/t14-/m0/s1. The third-order valence-electron chi connectivity index (χ3n) is 4.21. The molecule has 4 rings (SSSR count). The van der Waals surface area contributed by atoms with Crippen molar-refractivity contribution in [3.63, 3.8) is 0 Å². The van der Waals surface area contributed by atoms with Gasteiger partial charge in [0.15, 0.2) is 5.82 Å². The quantitative estimate of drug-likeness (QED) is 0.674. The summed E-state index contributed by atoms with van der Waals surface area (Å²) < 4.78 is 9.11. The molecule has 1 saturated heterocycles. The Kier molecular flexibility index (Phi) is 4.28. The van der Waals surface area contributed by atoms with E-state index < -0.39 is 0 Å². The van der Waals surface area contributed by atoms with Crippen LogP contribution >= 0.6 is 0 Å². The predicted molar refractivity (Wildman–Crippen MR) is 85.3 cm³/mol. The lowest BCUT2D eigenvalue weighted by molar-refractivity contribution is 0.193. The van der Waals surface area contributed by atoms with E-state index in [1.54, 1.807) is 11.0 Å². The zero-order valence-corrected chi connectivity index (χ0v) is 13.3. The van der Waals surface area contributed by atoms with Gasteiger partial charge in [-0.3, -0.25) is 0 Å². The van der Waals surface area contributed by atoms with Crippen LogP contribution in [-0.4, -0.2) is 48.2 Å². The maximum Gasteiger partial charge on any atom is 0.156 e. The van der Waals surface area contributed by atoms with Crippen LogP contribution in [-0.2, 0) is 24.2 Å². The Morgan fingerprint density at radius 2 is 2.12 bits per heavy atom. The Morgan fingerprint density at radius 1 is 1.21 bits per heavy atom. The molecule has 3 heterocycles. The Balaban J connectivity index is 1.55. The Labute approximate surface area is 139 Å². The van der Waals surface area contributed by atoms with Gasteiger partial charge in [-0.15, -0.1) is 5.10 Å². The van der Waals surface area contributed by atoms with Crippen molar-refractivity contribution in [1.82, 2.24) is 35.0 Å². The van der Waals surface area contributed by atoms with Crippen molar-refractivity contribution in [3.05, 3.63) is 53.9 Å². The van der Waals surface area contributed by atoms with Crippen molar-refractivity contribution >= 4 is 0 Å². The second-order valence-corrected chi connectivity index (χ2v) is 5.91. The molecule has 1 aromatic carbocycles. The van der Waals surface area contributed by atoms with Crippen LogP contribution < -0.4 is 0 Å². The lowest BCUT2D eigenvalue weighted by Gasteiger charge is -2.06. The molecule has 0 spiro atoms. The summed E-state index contributed by atoms with van der Waals surface area (Å²) in [5.74, 6) is 2.03. The first kappa shape index (κ1) is 14.9. The molecule has 1 fully saturated rings. The summed E-state index contributed by atoms with van der Waals surface area (Å²) in [6.07, 6.45) is 3.48. The van der Waals surface area contributed by atoms with Crippen LogP contribution in [0.2, 0.25) is 0 Å². The number of benzene rings is 1. The molecule has 8 nitrogen and oxygen atoms in total. The van der Waals surface area contributed by atoms with E-state index in [1.807, 2.05) is 10.7 Å². The average molecular weight is 325 g/mol. The van der Waals surface area contributed by atoms with Gasteiger partial charge in [0.05, 0.1) is 6.61 Å². The molecule has 0 amide bonds. The van der Waals surface area contributed by atoms with Gasteiger partial charge >= 0.3 is 0 Å². The molecule has 0 radical (unpaired) electrons. The number of ether oxygens (including phenoxy) is 1. The fraction of sp³-hybridized carbons (Fsp3) is 0.438. The van der Waals surface area contributed by atoms with Gasteiger partial charge in [-0.2, -0.15) is 5.10 Å². The van der Waals surface area contributed by atoms with Crippen molar-refractivity contribution in [2.75, 3.05) is 13.2 Å². The first-order chi connectivity index (χ1) is 11.9. The highest BCUT2D eigenvalue weighted by Gasteiger charge is 2.23. The zero-order chi connectivity index (χ0) is 16.2. The summed E-state index contributed by atoms with van der Waals surface area (Å²) in [5.41, 5.74) is 1.28. The number of tetrazole rings is 1. The van der Waals surface area contributed by atoms with E-state index in [4.69, 9.17) is 14.8 Å². The average Bonchev–Trinajstić information content (AvgIpc) is 3.36.